The maximum absolute atomic E-state index is 11.0. The first-order valence-corrected chi connectivity index (χ1v) is 6.17. The Morgan fingerprint density at radius 2 is 2.26 bits per heavy atom. The highest BCUT2D eigenvalue weighted by Gasteiger charge is 2.07. The Bertz CT molecular complexity index is 590. The molecule has 0 radical (unpaired) electrons. The number of aliphatic hydroxyl groups excluding tert-OH is 2. The third-order valence-corrected chi connectivity index (χ3v) is 3.00. The molecule has 0 spiro atoms. The molecule has 0 bridgehead atoms. The molecule has 1 unspecified atom stereocenters. The highest BCUT2D eigenvalue weighted by Crippen LogP contribution is 2.12. The predicted molar refractivity (Wildman–Crippen MR) is 71.1 cm³/mol. The summed E-state index contributed by atoms with van der Waals surface area (Å²) >= 11 is 0. The van der Waals surface area contributed by atoms with Gasteiger partial charge in [0, 0.05) is 13.1 Å². The summed E-state index contributed by atoms with van der Waals surface area (Å²) in [6.07, 6.45) is 0.0790. The zero-order valence-electron chi connectivity index (χ0n) is 10.8. The monoisotopic (exact) mass is 266 g/mol. The molecule has 0 aliphatic carbocycles. The van der Waals surface area contributed by atoms with Gasteiger partial charge in [-0.1, -0.05) is 6.07 Å². The molecule has 0 fully saturated rings. The number of aliphatic hydroxyl groups is 2. The van der Waals surface area contributed by atoms with Gasteiger partial charge in [0.2, 0.25) is 0 Å². The summed E-state index contributed by atoms with van der Waals surface area (Å²) in [5, 5.41) is 18.1. The minimum atomic E-state index is -0.710. The molecule has 1 aromatic heterocycles. The Labute approximate surface area is 110 Å². The zero-order valence-corrected chi connectivity index (χ0v) is 10.8. The lowest BCUT2D eigenvalue weighted by molar-refractivity contribution is 0.0669. The van der Waals surface area contributed by atoms with Gasteiger partial charge in [0.05, 0.1) is 18.2 Å². The summed E-state index contributed by atoms with van der Waals surface area (Å²) < 4.78 is 4.93. The van der Waals surface area contributed by atoms with E-state index in [-0.39, 0.29) is 6.61 Å². The minimum Gasteiger partial charge on any atom is -0.408 e. The van der Waals surface area contributed by atoms with Crippen molar-refractivity contribution in [3.63, 3.8) is 0 Å². The lowest BCUT2D eigenvalue weighted by Gasteiger charge is -2.19. The zero-order chi connectivity index (χ0) is 13.8. The van der Waals surface area contributed by atoms with Crippen molar-refractivity contribution in [2.24, 2.45) is 0 Å². The van der Waals surface area contributed by atoms with Crippen molar-refractivity contribution in [3.8, 4) is 0 Å². The van der Waals surface area contributed by atoms with E-state index in [2.05, 4.69) is 4.98 Å². The second kappa shape index (κ2) is 6.01. The van der Waals surface area contributed by atoms with E-state index in [9.17, 15) is 9.90 Å². The first kappa shape index (κ1) is 13.8. The molecule has 1 atom stereocenters. The lowest BCUT2D eigenvalue weighted by Crippen LogP contribution is -2.32. The van der Waals surface area contributed by atoms with Gasteiger partial charge >= 0.3 is 5.76 Å². The molecule has 3 N–H and O–H groups in total. The molecular formula is C13H18N2O4. The fourth-order valence-corrected chi connectivity index (χ4v) is 1.98. The van der Waals surface area contributed by atoms with E-state index in [0.29, 0.717) is 17.6 Å². The number of oxazole rings is 1. The van der Waals surface area contributed by atoms with E-state index < -0.39 is 11.9 Å². The molecule has 6 nitrogen and oxygen atoms in total. The van der Waals surface area contributed by atoms with Crippen LogP contribution in [-0.4, -0.2) is 52.9 Å². The second-order valence-corrected chi connectivity index (χ2v) is 4.69. The number of hydrogen-bond acceptors (Lipinski definition) is 5. The molecule has 6 heteroatoms. The van der Waals surface area contributed by atoms with Crippen LogP contribution in [0.1, 0.15) is 5.56 Å². The number of nitrogens with one attached hydrogen (secondary N) is 1. The predicted octanol–water partition coefficient (Wildman–Crippen LogP) is -0.0514. The highest BCUT2D eigenvalue weighted by atomic mass is 16.4. The van der Waals surface area contributed by atoms with Crippen molar-refractivity contribution < 1.29 is 14.6 Å². The number of aromatic amines is 1. The van der Waals surface area contributed by atoms with Crippen molar-refractivity contribution in [1.82, 2.24) is 9.88 Å². The third kappa shape index (κ3) is 3.66. The van der Waals surface area contributed by atoms with Crippen LogP contribution in [0.5, 0.6) is 0 Å². The molecule has 1 heterocycles. The van der Waals surface area contributed by atoms with Crippen molar-refractivity contribution in [2.45, 2.75) is 12.5 Å². The molecule has 0 saturated heterocycles. The van der Waals surface area contributed by atoms with Crippen LogP contribution in [0.4, 0.5) is 0 Å². The minimum absolute atomic E-state index is 0.230. The van der Waals surface area contributed by atoms with E-state index in [1.807, 2.05) is 24.1 Å². The van der Waals surface area contributed by atoms with E-state index in [1.165, 1.54) is 0 Å². The molecule has 0 amide bonds. The smallest absolute Gasteiger partial charge is 0.408 e. The molecule has 2 aromatic rings. The quantitative estimate of drug-likeness (QED) is 0.682. The van der Waals surface area contributed by atoms with E-state index in [1.54, 1.807) is 6.07 Å². The largest absolute Gasteiger partial charge is 0.417 e. The maximum Gasteiger partial charge on any atom is 0.417 e. The van der Waals surface area contributed by atoms with Crippen LogP contribution in [0.2, 0.25) is 0 Å². The van der Waals surface area contributed by atoms with E-state index in [0.717, 1.165) is 18.5 Å². The average Bonchev–Trinajstić information content (AvgIpc) is 2.75. The van der Waals surface area contributed by atoms with Crippen molar-refractivity contribution >= 4 is 11.1 Å². The summed E-state index contributed by atoms with van der Waals surface area (Å²) in [6, 6.07) is 5.57. The maximum atomic E-state index is 11.0. The molecule has 1 aromatic carbocycles. The fraction of sp³-hybridized carbons (Fsp3) is 0.462. The number of hydrogen-bond donors (Lipinski definition) is 3. The number of rotatable bonds is 6. The van der Waals surface area contributed by atoms with Gasteiger partial charge in [-0.2, -0.15) is 0 Å². The Balaban J connectivity index is 1.95. The Morgan fingerprint density at radius 3 is 3.00 bits per heavy atom. The van der Waals surface area contributed by atoms with E-state index >= 15 is 0 Å². The Hall–Kier alpha value is -1.63. The van der Waals surface area contributed by atoms with Crippen LogP contribution in [0.3, 0.4) is 0 Å². The molecule has 0 aliphatic rings. The first-order valence-electron chi connectivity index (χ1n) is 6.17. The molecule has 19 heavy (non-hydrogen) atoms. The van der Waals surface area contributed by atoms with Gasteiger partial charge in [0.25, 0.3) is 0 Å². The fourth-order valence-electron chi connectivity index (χ4n) is 1.98. The van der Waals surface area contributed by atoms with Crippen molar-refractivity contribution in [2.75, 3.05) is 26.7 Å². The third-order valence-electron chi connectivity index (χ3n) is 3.00. The number of benzene rings is 1. The van der Waals surface area contributed by atoms with Crippen LogP contribution in [0.25, 0.3) is 11.1 Å². The Morgan fingerprint density at radius 1 is 1.47 bits per heavy atom. The Kier molecular flexibility index (Phi) is 4.36. The van der Waals surface area contributed by atoms with E-state index in [4.69, 9.17) is 9.52 Å². The molecule has 0 saturated carbocycles. The van der Waals surface area contributed by atoms with Crippen LogP contribution >= 0.6 is 0 Å². The number of aromatic nitrogens is 1. The summed E-state index contributed by atoms with van der Waals surface area (Å²) in [6.45, 7) is 0.957. The number of fused-ring (bicyclic) bond motifs is 1. The summed E-state index contributed by atoms with van der Waals surface area (Å²) in [5.74, 6) is -0.449. The van der Waals surface area contributed by atoms with Crippen LogP contribution < -0.4 is 5.76 Å². The molecular weight excluding hydrogens is 248 g/mol. The number of H-pyrrole nitrogens is 1. The normalized spacial score (nSPS) is 13.3. The summed E-state index contributed by atoms with van der Waals surface area (Å²) in [4.78, 5) is 15.6. The molecule has 104 valence electrons. The SMILES string of the molecule is CN(CCc1ccc2oc(=O)[nH]c2c1)CC(O)CO. The van der Waals surface area contributed by atoms with Crippen LogP contribution in [0.15, 0.2) is 27.4 Å². The molecule has 0 aliphatic heterocycles. The van der Waals surface area contributed by atoms with Gasteiger partial charge in [-0.15, -0.1) is 0 Å². The van der Waals surface area contributed by atoms with Crippen molar-refractivity contribution in [3.05, 3.63) is 34.3 Å². The second-order valence-electron chi connectivity index (χ2n) is 4.69. The molecule has 2 rings (SSSR count). The van der Waals surface area contributed by atoms with Crippen LogP contribution in [-0.2, 0) is 6.42 Å². The van der Waals surface area contributed by atoms with Gasteiger partial charge in [-0.25, -0.2) is 4.79 Å². The number of nitrogens with zero attached hydrogens (tertiary/aromatic N) is 1. The van der Waals surface area contributed by atoms with Gasteiger partial charge in [-0.05, 0) is 31.2 Å². The first-order chi connectivity index (χ1) is 9.08. The number of likely N-dealkylation sites (N-methyl/N-ethyl adjacent to an activating group) is 1. The van der Waals surface area contributed by atoms with Gasteiger partial charge in [0.1, 0.15) is 0 Å². The topological polar surface area (TPSA) is 89.7 Å². The van der Waals surface area contributed by atoms with Gasteiger partial charge in [-0.3, -0.25) is 4.98 Å². The van der Waals surface area contributed by atoms with Crippen LogP contribution in [0, 0.1) is 0 Å². The standard InChI is InChI=1S/C13H18N2O4/c1-15(7-10(17)8-16)5-4-9-2-3-12-11(6-9)14-13(18)19-12/h2-3,6,10,16-17H,4-5,7-8H2,1H3,(H,14,18). The van der Waals surface area contributed by atoms with Crippen molar-refractivity contribution in [1.29, 1.82) is 0 Å². The average molecular weight is 266 g/mol. The summed E-state index contributed by atoms with van der Waals surface area (Å²) in [7, 11) is 1.89. The van der Waals surface area contributed by atoms with Gasteiger partial charge < -0.3 is 19.5 Å². The highest BCUT2D eigenvalue weighted by molar-refractivity contribution is 5.72. The lowest BCUT2D eigenvalue weighted by atomic mass is 10.1. The van der Waals surface area contributed by atoms with Gasteiger partial charge in [0.15, 0.2) is 5.58 Å². The summed E-state index contributed by atoms with van der Waals surface area (Å²) in [5.41, 5.74) is 2.33.